The Kier molecular flexibility index (Phi) is 6.41. The molecule has 1 aromatic carbocycles. The van der Waals surface area contributed by atoms with Gasteiger partial charge in [0, 0.05) is 18.8 Å². The van der Waals surface area contributed by atoms with Crippen molar-refractivity contribution in [2.24, 2.45) is 0 Å². The van der Waals surface area contributed by atoms with Crippen LogP contribution < -0.4 is 10.3 Å². The standard InChI is InChI=1S/C19H16F3N3O5S/c20-19(21,22)14-5-1-2-6-15(14)31(28,29)23-9-8-18(27)30-12-13-11-17(26)25-10-4-3-7-16(25)24-13/h1-7,10-11,23H,8-9,12H2. The average Bonchev–Trinajstić information content (AvgIpc) is 2.71. The number of nitrogens with one attached hydrogen (secondary N) is 1. The van der Waals surface area contributed by atoms with Crippen molar-refractivity contribution in [2.75, 3.05) is 6.54 Å². The minimum absolute atomic E-state index is 0.198. The maximum Gasteiger partial charge on any atom is 0.417 e. The van der Waals surface area contributed by atoms with Crippen LogP contribution in [0.15, 0.2) is 64.4 Å². The number of sulfonamides is 1. The second kappa shape index (κ2) is 8.86. The molecule has 2 aromatic heterocycles. The fourth-order valence-electron chi connectivity index (χ4n) is 2.70. The number of carbonyl (C=O) groups excluding carboxylic acids is 1. The van der Waals surface area contributed by atoms with Gasteiger partial charge in [0.15, 0.2) is 0 Å². The molecule has 0 spiro atoms. The number of rotatable bonds is 7. The number of esters is 1. The van der Waals surface area contributed by atoms with E-state index in [2.05, 4.69) is 4.98 Å². The Morgan fingerprint density at radius 2 is 1.84 bits per heavy atom. The highest BCUT2D eigenvalue weighted by Crippen LogP contribution is 2.33. The summed E-state index contributed by atoms with van der Waals surface area (Å²) in [7, 11) is -4.50. The summed E-state index contributed by atoms with van der Waals surface area (Å²) in [5.41, 5.74) is -1.12. The first-order valence-corrected chi connectivity index (χ1v) is 10.3. The zero-order chi connectivity index (χ0) is 22.6. The molecule has 0 unspecified atom stereocenters. The zero-order valence-electron chi connectivity index (χ0n) is 15.8. The highest BCUT2D eigenvalue weighted by molar-refractivity contribution is 7.89. The third kappa shape index (κ3) is 5.47. The Morgan fingerprint density at radius 3 is 2.58 bits per heavy atom. The first-order valence-electron chi connectivity index (χ1n) is 8.87. The zero-order valence-corrected chi connectivity index (χ0v) is 16.6. The lowest BCUT2D eigenvalue weighted by molar-refractivity contribution is -0.145. The van der Waals surface area contributed by atoms with Crippen LogP contribution in [0.4, 0.5) is 13.2 Å². The molecule has 31 heavy (non-hydrogen) atoms. The minimum Gasteiger partial charge on any atom is -0.459 e. The number of carbonyl (C=O) groups is 1. The number of pyridine rings is 1. The summed E-state index contributed by atoms with van der Waals surface area (Å²) >= 11 is 0. The summed E-state index contributed by atoms with van der Waals surface area (Å²) in [5.74, 6) is -0.818. The van der Waals surface area contributed by atoms with Crippen molar-refractivity contribution >= 4 is 21.6 Å². The van der Waals surface area contributed by atoms with Crippen molar-refractivity contribution in [3.8, 4) is 0 Å². The quantitative estimate of drug-likeness (QED) is 0.547. The predicted molar refractivity (Wildman–Crippen MR) is 103 cm³/mol. The summed E-state index contributed by atoms with van der Waals surface area (Å²) in [5, 5.41) is 0. The topological polar surface area (TPSA) is 107 Å². The van der Waals surface area contributed by atoms with Crippen molar-refractivity contribution < 1.29 is 31.1 Å². The summed E-state index contributed by atoms with van der Waals surface area (Å²) < 4.78 is 71.7. The van der Waals surface area contributed by atoms with Crippen LogP contribution in [0.3, 0.4) is 0 Å². The number of alkyl halides is 3. The number of hydrogen-bond acceptors (Lipinski definition) is 6. The van der Waals surface area contributed by atoms with Gasteiger partial charge in [0.2, 0.25) is 10.0 Å². The molecule has 0 amide bonds. The summed E-state index contributed by atoms with van der Waals surface area (Å²) in [6.07, 6.45) is -3.75. The molecule has 1 N–H and O–H groups in total. The Labute approximate surface area is 174 Å². The van der Waals surface area contributed by atoms with Crippen LogP contribution in [0.25, 0.3) is 5.65 Å². The van der Waals surface area contributed by atoms with Crippen molar-refractivity contribution in [3.63, 3.8) is 0 Å². The molecule has 0 aliphatic carbocycles. The highest BCUT2D eigenvalue weighted by atomic mass is 32.2. The molecular formula is C19H16F3N3O5S. The third-order valence-corrected chi connectivity index (χ3v) is 5.63. The predicted octanol–water partition coefficient (Wildman–Crippen LogP) is 2.13. The van der Waals surface area contributed by atoms with Crippen molar-refractivity contribution in [1.29, 1.82) is 0 Å². The summed E-state index contributed by atoms with van der Waals surface area (Å²) in [6.45, 7) is -0.787. The van der Waals surface area contributed by atoms with Gasteiger partial charge in [-0.2, -0.15) is 13.2 Å². The minimum atomic E-state index is -4.85. The van der Waals surface area contributed by atoms with Gasteiger partial charge in [-0.05, 0) is 24.3 Å². The van der Waals surface area contributed by atoms with Crippen molar-refractivity contribution in [2.45, 2.75) is 24.1 Å². The maximum atomic E-state index is 13.0. The first kappa shape index (κ1) is 22.4. The molecule has 0 aliphatic rings. The smallest absolute Gasteiger partial charge is 0.417 e. The largest absolute Gasteiger partial charge is 0.459 e. The monoisotopic (exact) mass is 455 g/mol. The van der Waals surface area contributed by atoms with Gasteiger partial charge in [-0.1, -0.05) is 18.2 Å². The van der Waals surface area contributed by atoms with Gasteiger partial charge in [0.1, 0.15) is 12.3 Å². The molecular weight excluding hydrogens is 439 g/mol. The molecule has 3 aromatic rings. The van der Waals surface area contributed by atoms with E-state index in [1.165, 1.54) is 16.7 Å². The third-order valence-electron chi connectivity index (χ3n) is 4.11. The second-order valence-corrected chi connectivity index (χ2v) is 8.05. The normalized spacial score (nSPS) is 12.1. The Bertz CT molecular complexity index is 1270. The molecule has 0 radical (unpaired) electrons. The van der Waals surface area contributed by atoms with Crippen LogP contribution >= 0.6 is 0 Å². The van der Waals surface area contributed by atoms with E-state index in [1.54, 1.807) is 18.2 Å². The summed E-state index contributed by atoms with van der Waals surface area (Å²) in [4.78, 5) is 27.1. The number of halogens is 3. The van der Waals surface area contributed by atoms with Crippen LogP contribution in [-0.4, -0.2) is 30.3 Å². The van der Waals surface area contributed by atoms with Crippen molar-refractivity contribution in [1.82, 2.24) is 14.1 Å². The van der Waals surface area contributed by atoms with E-state index in [9.17, 15) is 31.2 Å². The van der Waals surface area contributed by atoms with Gasteiger partial charge in [0.25, 0.3) is 5.56 Å². The number of benzene rings is 1. The molecule has 3 rings (SSSR count). The summed E-state index contributed by atoms with van der Waals surface area (Å²) in [6, 6.07) is 9.85. The Morgan fingerprint density at radius 1 is 1.13 bits per heavy atom. The molecule has 0 atom stereocenters. The molecule has 0 fully saturated rings. The molecule has 12 heteroatoms. The average molecular weight is 455 g/mol. The van der Waals surface area contributed by atoms with Crippen LogP contribution in [0.5, 0.6) is 0 Å². The number of ether oxygens (including phenoxy) is 1. The van der Waals surface area contributed by atoms with E-state index in [0.29, 0.717) is 11.7 Å². The maximum absolute atomic E-state index is 13.0. The van der Waals surface area contributed by atoms with Crippen LogP contribution in [0, 0.1) is 0 Å². The lowest BCUT2D eigenvalue weighted by atomic mass is 10.2. The number of aromatic nitrogens is 2. The molecule has 0 aliphatic heterocycles. The number of hydrogen-bond donors (Lipinski definition) is 1. The highest BCUT2D eigenvalue weighted by Gasteiger charge is 2.36. The Balaban J connectivity index is 1.58. The van der Waals surface area contributed by atoms with Gasteiger partial charge in [-0.3, -0.25) is 14.0 Å². The van der Waals surface area contributed by atoms with E-state index in [1.807, 2.05) is 4.72 Å². The van der Waals surface area contributed by atoms with E-state index in [4.69, 9.17) is 4.74 Å². The van der Waals surface area contributed by atoms with E-state index in [-0.39, 0.29) is 17.9 Å². The molecule has 0 saturated carbocycles. The lowest BCUT2D eigenvalue weighted by Crippen LogP contribution is -2.28. The van der Waals surface area contributed by atoms with Gasteiger partial charge in [-0.15, -0.1) is 0 Å². The SMILES string of the molecule is O=C(CCNS(=O)(=O)c1ccccc1C(F)(F)F)OCc1cc(=O)n2ccccc2n1. The van der Waals surface area contributed by atoms with Gasteiger partial charge in [-0.25, -0.2) is 18.1 Å². The fraction of sp³-hybridized carbons (Fsp3) is 0.211. The van der Waals surface area contributed by atoms with E-state index >= 15 is 0 Å². The number of nitrogens with zero attached hydrogens (tertiary/aromatic N) is 2. The van der Waals surface area contributed by atoms with Gasteiger partial charge < -0.3 is 4.74 Å². The van der Waals surface area contributed by atoms with E-state index < -0.39 is 45.6 Å². The molecule has 0 bridgehead atoms. The van der Waals surface area contributed by atoms with Crippen molar-refractivity contribution in [3.05, 3.63) is 76.3 Å². The molecule has 2 heterocycles. The lowest BCUT2D eigenvalue weighted by Gasteiger charge is -2.13. The van der Waals surface area contributed by atoms with Crippen LogP contribution in [0.2, 0.25) is 0 Å². The number of fused-ring (bicyclic) bond motifs is 1. The van der Waals surface area contributed by atoms with Crippen LogP contribution in [-0.2, 0) is 32.3 Å². The second-order valence-electron chi connectivity index (χ2n) is 6.32. The molecule has 0 saturated heterocycles. The first-order chi connectivity index (χ1) is 14.6. The fourth-order valence-corrected chi connectivity index (χ4v) is 3.96. The molecule has 8 nitrogen and oxygen atoms in total. The van der Waals surface area contributed by atoms with Gasteiger partial charge in [0.05, 0.1) is 22.6 Å². The Hall–Kier alpha value is -3.25. The molecule has 164 valence electrons. The van der Waals surface area contributed by atoms with E-state index in [0.717, 1.165) is 18.2 Å². The van der Waals surface area contributed by atoms with Gasteiger partial charge >= 0.3 is 12.1 Å². The van der Waals surface area contributed by atoms with Crippen LogP contribution in [0.1, 0.15) is 17.7 Å².